The summed E-state index contributed by atoms with van der Waals surface area (Å²) in [5.74, 6) is -1.11. The minimum Gasteiger partial charge on any atom is -0.350 e. The third-order valence-electron chi connectivity index (χ3n) is 4.10. The molecule has 2 amide bonds. The van der Waals surface area contributed by atoms with E-state index >= 15 is 0 Å². The summed E-state index contributed by atoms with van der Waals surface area (Å²) in [5.41, 5.74) is 1.85. The quantitative estimate of drug-likeness (QED) is 0.635. The molecule has 6 heteroatoms. The molecule has 0 radical (unpaired) electrons. The van der Waals surface area contributed by atoms with Gasteiger partial charge in [0.1, 0.15) is 5.82 Å². The van der Waals surface area contributed by atoms with Crippen LogP contribution in [0.15, 0.2) is 59.6 Å². The van der Waals surface area contributed by atoms with Crippen LogP contribution in [0, 0.1) is 5.82 Å². The normalized spacial score (nSPS) is 16.4. The molecule has 25 heavy (non-hydrogen) atoms. The van der Waals surface area contributed by atoms with Crippen molar-refractivity contribution in [2.45, 2.75) is 0 Å². The fraction of sp³-hybridized carbons (Fsp3) is 0.0526. The van der Waals surface area contributed by atoms with Crippen LogP contribution in [0.4, 0.5) is 14.9 Å². The van der Waals surface area contributed by atoms with Crippen LogP contribution in [-0.4, -0.2) is 15.7 Å². The number of benzene rings is 2. The van der Waals surface area contributed by atoms with Gasteiger partial charge in [0, 0.05) is 29.7 Å². The van der Waals surface area contributed by atoms with Gasteiger partial charge in [-0.25, -0.2) is 9.29 Å². The lowest BCUT2D eigenvalue weighted by Crippen LogP contribution is -2.28. The molecule has 4 rings (SSSR count). The molecule has 0 aliphatic carbocycles. The highest BCUT2D eigenvalue weighted by Crippen LogP contribution is 2.37. The maximum Gasteiger partial charge on any atom is 0.298 e. The molecule has 0 bridgehead atoms. The van der Waals surface area contributed by atoms with Crippen molar-refractivity contribution in [1.82, 2.24) is 4.57 Å². The van der Waals surface area contributed by atoms with Crippen LogP contribution in [0.1, 0.15) is 5.56 Å². The molecule has 0 N–H and O–H groups in total. The van der Waals surface area contributed by atoms with E-state index in [1.54, 1.807) is 12.1 Å². The predicted molar refractivity (Wildman–Crippen MR) is 97.8 cm³/mol. The van der Waals surface area contributed by atoms with Crippen LogP contribution < -0.4 is 4.90 Å². The van der Waals surface area contributed by atoms with Gasteiger partial charge in [0.25, 0.3) is 11.1 Å². The molecule has 0 saturated carbocycles. The Kier molecular flexibility index (Phi) is 3.69. The smallest absolute Gasteiger partial charge is 0.298 e. The van der Waals surface area contributed by atoms with E-state index in [0.717, 1.165) is 33.1 Å². The number of rotatable bonds is 2. The van der Waals surface area contributed by atoms with Gasteiger partial charge >= 0.3 is 0 Å². The Morgan fingerprint density at radius 1 is 1.04 bits per heavy atom. The van der Waals surface area contributed by atoms with E-state index in [2.05, 4.69) is 0 Å². The Labute approximate surface area is 147 Å². The van der Waals surface area contributed by atoms with Gasteiger partial charge in [-0.1, -0.05) is 30.3 Å². The average molecular weight is 352 g/mol. The van der Waals surface area contributed by atoms with Crippen molar-refractivity contribution in [1.29, 1.82) is 0 Å². The Bertz CT molecular complexity index is 1050. The highest BCUT2D eigenvalue weighted by Gasteiger charge is 2.37. The third-order valence-corrected chi connectivity index (χ3v) is 4.97. The molecular formula is C19H13FN2O2S. The number of fused-ring (bicyclic) bond motifs is 1. The molecular weight excluding hydrogens is 339 g/mol. The number of halogens is 1. The minimum atomic E-state index is -0.601. The summed E-state index contributed by atoms with van der Waals surface area (Å²) in [7, 11) is 1.92. The molecule has 2 heterocycles. The zero-order valence-electron chi connectivity index (χ0n) is 13.3. The maximum atomic E-state index is 14.0. The number of aryl methyl sites for hydroxylation is 1. The number of hydrogen-bond acceptors (Lipinski definition) is 3. The second-order valence-corrected chi connectivity index (χ2v) is 6.67. The number of hydrogen-bond donors (Lipinski definition) is 0. The summed E-state index contributed by atoms with van der Waals surface area (Å²) >= 11 is 0.821. The van der Waals surface area contributed by atoms with Gasteiger partial charge in [-0.3, -0.25) is 9.59 Å². The van der Waals surface area contributed by atoms with Crippen molar-refractivity contribution < 1.29 is 14.0 Å². The molecule has 0 atom stereocenters. The van der Waals surface area contributed by atoms with Gasteiger partial charge < -0.3 is 4.57 Å². The number of imide groups is 1. The lowest BCUT2D eigenvalue weighted by molar-refractivity contribution is -0.113. The van der Waals surface area contributed by atoms with Crippen molar-refractivity contribution in [2.24, 2.45) is 7.05 Å². The van der Waals surface area contributed by atoms with Crippen LogP contribution in [0.3, 0.4) is 0 Å². The first kappa shape index (κ1) is 15.7. The Balaban J connectivity index is 1.77. The number of nitrogens with zero attached hydrogens (tertiary/aromatic N) is 2. The third kappa shape index (κ3) is 2.55. The van der Waals surface area contributed by atoms with Crippen LogP contribution in [0.2, 0.25) is 0 Å². The Hall–Kier alpha value is -2.86. The molecule has 1 aliphatic rings. The zero-order chi connectivity index (χ0) is 17.6. The number of amides is 2. The molecule has 1 fully saturated rings. The standard InChI is InChI=1S/C19H13FN2O2S/c1-21-11-12(13-6-2-4-8-15(13)21)10-17-18(23)22(19(24)25-17)16-9-5-3-7-14(16)20/h2-11H,1H3/b17-10-. The van der Waals surface area contributed by atoms with Crippen molar-refractivity contribution >= 4 is 45.6 Å². The molecule has 1 saturated heterocycles. The molecule has 124 valence electrons. The second-order valence-electron chi connectivity index (χ2n) is 5.68. The zero-order valence-corrected chi connectivity index (χ0v) is 14.1. The first-order valence-corrected chi connectivity index (χ1v) is 8.44. The van der Waals surface area contributed by atoms with E-state index in [-0.39, 0.29) is 10.6 Å². The van der Waals surface area contributed by atoms with Crippen molar-refractivity contribution in [3.05, 3.63) is 71.0 Å². The first-order chi connectivity index (χ1) is 12.1. The minimum absolute atomic E-state index is 0.0219. The fourth-order valence-corrected chi connectivity index (χ4v) is 3.76. The van der Waals surface area contributed by atoms with Crippen LogP contribution in [0.25, 0.3) is 17.0 Å². The first-order valence-electron chi connectivity index (χ1n) is 7.63. The van der Waals surface area contributed by atoms with Gasteiger partial charge in [0.2, 0.25) is 0 Å². The maximum absolute atomic E-state index is 14.0. The van der Waals surface area contributed by atoms with E-state index in [1.165, 1.54) is 18.2 Å². The molecule has 0 unspecified atom stereocenters. The number of anilines is 1. The van der Waals surface area contributed by atoms with Gasteiger partial charge in [0.05, 0.1) is 10.6 Å². The lowest BCUT2D eigenvalue weighted by Gasteiger charge is -2.12. The summed E-state index contributed by atoms with van der Waals surface area (Å²) in [6.07, 6.45) is 3.59. The van der Waals surface area contributed by atoms with Gasteiger partial charge in [-0.15, -0.1) is 0 Å². The summed E-state index contributed by atoms with van der Waals surface area (Å²) in [6.45, 7) is 0. The molecule has 3 aromatic rings. The van der Waals surface area contributed by atoms with Gasteiger partial charge in [0.15, 0.2) is 0 Å². The number of para-hydroxylation sites is 2. The number of aromatic nitrogens is 1. The largest absolute Gasteiger partial charge is 0.350 e. The SMILES string of the molecule is Cn1cc(/C=C2\SC(=O)N(c3ccccc3F)C2=O)c2ccccc21. The number of thioether (sulfide) groups is 1. The van der Waals surface area contributed by atoms with E-state index in [0.29, 0.717) is 0 Å². The predicted octanol–water partition coefficient (Wildman–Crippen LogP) is 4.56. The van der Waals surface area contributed by atoms with E-state index in [1.807, 2.05) is 42.1 Å². The topological polar surface area (TPSA) is 42.3 Å². The molecule has 4 nitrogen and oxygen atoms in total. The summed E-state index contributed by atoms with van der Waals surface area (Å²) in [4.78, 5) is 26.1. The van der Waals surface area contributed by atoms with E-state index < -0.39 is 17.0 Å². The molecule has 1 aromatic heterocycles. The average Bonchev–Trinajstić information content (AvgIpc) is 3.06. The molecule has 1 aliphatic heterocycles. The van der Waals surface area contributed by atoms with E-state index in [4.69, 9.17) is 0 Å². The van der Waals surface area contributed by atoms with Crippen molar-refractivity contribution in [3.63, 3.8) is 0 Å². The van der Waals surface area contributed by atoms with Crippen LogP contribution in [-0.2, 0) is 11.8 Å². The van der Waals surface area contributed by atoms with Gasteiger partial charge in [-0.2, -0.15) is 0 Å². The fourth-order valence-electron chi connectivity index (χ4n) is 2.94. The molecule has 2 aromatic carbocycles. The van der Waals surface area contributed by atoms with E-state index in [9.17, 15) is 14.0 Å². The number of carbonyl (C=O) groups excluding carboxylic acids is 2. The monoisotopic (exact) mass is 352 g/mol. The Morgan fingerprint density at radius 2 is 1.76 bits per heavy atom. The summed E-state index contributed by atoms with van der Waals surface area (Å²) in [5, 5.41) is 0.490. The van der Waals surface area contributed by atoms with Crippen molar-refractivity contribution in [2.75, 3.05) is 4.90 Å². The summed E-state index contributed by atoms with van der Waals surface area (Å²) in [6, 6.07) is 13.6. The molecule has 0 spiro atoms. The van der Waals surface area contributed by atoms with Gasteiger partial charge in [-0.05, 0) is 36.0 Å². The highest BCUT2D eigenvalue weighted by atomic mass is 32.2. The highest BCUT2D eigenvalue weighted by molar-refractivity contribution is 8.19. The number of carbonyl (C=O) groups is 2. The second kappa shape index (κ2) is 5.89. The summed E-state index contributed by atoms with van der Waals surface area (Å²) < 4.78 is 15.9. The Morgan fingerprint density at radius 3 is 2.56 bits per heavy atom. The van der Waals surface area contributed by atoms with Crippen LogP contribution in [0.5, 0.6) is 0 Å². The van der Waals surface area contributed by atoms with Crippen LogP contribution >= 0.6 is 11.8 Å². The van der Waals surface area contributed by atoms with Crippen molar-refractivity contribution in [3.8, 4) is 0 Å². The lowest BCUT2D eigenvalue weighted by atomic mass is 10.1.